The number of rotatable bonds is 1. The summed E-state index contributed by atoms with van der Waals surface area (Å²) in [5.41, 5.74) is 0. The molecule has 1 aliphatic rings. The Bertz CT molecular complexity index is 112. The summed E-state index contributed by atoms with van der Waals surface area (Å²) in [5, 5.41) is 0. The summed E-state index contributed by atoms with van der Waals surface area (Å²) in [7, 11) is 0. The van der Waals surface area contributed by atoms with Gasteiger partial charge in [-0.2, -0.15) is 0 Å². The van der Waals surface area contributed by atoms with Crippen LogP contribution < -0.4 is 0 Å². The number of hydrogen-bond donors (Lipinski definition) is 0. The van der Waals surface area contributed by atoms with Gasteiger partial charge in [0.05, 0.1) is 12.2 Å². The first kappa shape index (κ1) is 7.76. The van der Waals surface area contributed by atoms with Crippen molar-refractivity contribution in [3.8, 4) is 0 Å². The molecule has 0 saturated carbocycles. The molecule has 2 nitrogen and oxygen atoms in total. The van der Waals surface area contributed by atoms with Gasteiger partial charge < -0.3 is 9.47 Å². The van der Waals surface area contributed by atoms with Crippen molar-refractivity contribution in [2.24, 2.45) is 0 Å². The highest BCUT2D eigenvalue weighted by atomic mass is 16.7. The van der Waals surface area contributed by atoms with Gasteiger partial charge in [-0.1, -0.05) is 6.58 Å². The van der Waals surface area contributed by atoms with Crippen LogP contribution in [0.2, 0.25) is 0 Å². The lowest BCUT2D eigenvalue weighted by Gasteiger charge is -2.30. The van der Waals surface area contributed by atoms with E-state index in [1.54, 1.807) is 6.08 Å². The molecule has 10 heavy (non-hydrogen) atoms. The van der Waals surface area contributed by atoms with Crippen molar-refractivity contribution in [1.82, 2.24) is 0 Å². The third-order valence-corrected chi connectivity index (χ3v) is 1.59. The molecule has 1 rings (SSSR count). The predicted molar refractivity (Wildman–Crippen MR) is 39.7 cm³/mol. The van der Waals surface area contributed by atoms with E-state index in [-0.39, 0.29) is 6.29 Å². The van der Waals surface area contributed by atoms with E-state index in [2.05, 4.69) is 20.4 Å². The molecule has 2 atom stereocenters. The van der Waals surface area contributed by atoms with E-state index >= 15 is 0 Å². The number of hydrogen-bond acceptors (Lipinski definition) is 2. The highest BCUT2D eigenvalue weighted by Gasteiger charge is 2.21. The molecule has 1 saturated heterocycles. The molecular formula is C8H14O2. The van der Waals surface area contributed by atoms with Crippen LogP contribution in [-0.2, 0) is 9.47 Å². The molecule has 0 amide bonds. The minimum absolute atomic E-state index is 0.196. The standard InChI is InChI=1S/C8H14O2/c1-4-8-9-6(2)5-7(3)10-8/h4,6-8H,1,5H2,2-3H3/t6-,7-/m1/s1. The molecule has 0 N–H and O–H groups in total. The smallest absolute Gasteiger partial charge is 0.177 e. The molecule has 0 aliphatic carbocycles. The van der Waals surface area contributed by atoms with E-state index in [1.807, 2.05) is 0 Å². The molecule has 1 aliphatic heterocycles. The molecule has 0 radical (unpaired) electrons. The third-order valence-electron chi connectivity index (χ3n) is 1.59. The van der Waals surface area contributed by atoms with Gasteiger partial charge in [0.2, 0.25) is 0 Å². The SMILES string of the molecule is C=CC1O[C@H](C)C[C@@H](C)O1. The van der Waals surface area contributed by atoms with Crippen molar-refractivity contribution < 1.29 is 9.47 Å². The van der Waals surface area contributed by atoms with Crippen LogP contribution in [0, 0.1) is 0 Å². The maximum atomic E-state index is 5.37. The van der Waals surface area contributed by atoms with Gasteiger partial charge in [0.15, 0.2) is 6.29 Å². The Kier molecular flexibility index (Phi) is 2.46. The molecule has 58 valence electrons. The van der Waals surface area contributed by atoms with Crippen molar-refractivity contribution in [1.29, 1.82) is 0 Å². The van der Waals surface area contributed by atoms with Gasteiger partial charge in [-0.05, 0) is 26.3 Å². The minimum atomic E-state index is -0.196. The average Bonchev–Trinajstić information content (AvgIpc) is 1.85. The van der Waals surface area contributed by atoms with E-state index in [0.717, 1.165) is 6.42 Å². The summed E-state index contributed by atoms with van der Waals surface area (Å²) < 4.78 is 10.7. The van der Waals surface area contributed by atoms with Gasteiger partial charge in [-0.15, -0.1) is 0 Å². The van der Waals surface area contributed by atoms with Gasteiger partial charge in [0.25, 0.3) is 0 Å². The van der Waals surface area contributed by atoms with Crippen molar-refractivity contribution in [3.05, 3.63) is 12.7 Å². The number of ether oxygens (including phenoxy) is 2. The van der Waals surface area contributed by atoms with Crippen LogP contribution in [0.3, 0.4) is 0 Å². The zero-order valence-electron chi connectivity index (χ0n) is 6.54. The zero-order valence-corrected chi connectivity index (χ0v) is 6.54. The summed E-state index contributed by atoms with van der Waals surface area (Å²) in [6, 6.07) is 0. The van der Waals surface area contributed by atoms with Gasteiger partial charge in [-0.25, -0.2) is 0 Å². The summed E-state index contributed by atoms with van der Waals surface area (Å²) in [5.74, 6) is 0. The summed E-state index contributed by atoms with van der Waals surface area (Å²) in [4.78, 5) is 0. The quantitative estimate of drug-likeness (QED) is 0.519. The molecule has 0 aromatic carbocycles. The molecule has 0 aromatic heterocycles. The van der Waals surface area contributed by atoms with Crippen LogP contribution in [0.4, 0.5) is 0 Å². The van der Waals surface area contributed by atoms with Crippen LogP contribution in [-0.4, -0.2) is 18.5 Å². The first-order chi connectivity index (χ1) is 4.72. The Morgan fingerprint density at radius 2 is 1.80 bits per heavy atom. The molecule has 1 heterocycles. The van der Waals surface area contributed by atoms with E-state index in [4.69, 9.17) is 9.47 Å². The molecule has 0 unspecified atom stereocenters. The molecule has 1 fully saturated rings. The van der Waals surface area contributed by atoms with Gasteiger partial charge in [0, 0.05) is 0 Å². The topological polar surface area (TPSA) is 18.5 Å². The van der Waals surface area contributed by atoms with Gasteiger partial charge in [-0.3, -0.25) is 0 Å². The van der Waals surface area contributed by atoms with Crippen LogP contribution in [0.5, 0.6) is 0 Å². The lowest BCUT2D eigenvalue weighted by Crippen LogP contribution is -2.33. The Labute approximate surface area is 61.8 Å². The van der Waals surface area contributed by atoms with Crippen LogP contribution in [0.15, 0.2) is 12.7 Å². The lowest BCUT2D eigenvalue weighted by molar-refractivity contribution is -0.209. The van der Waals surface area contributed by atoms with Crippen LogP contribution in [0.1, 0.15) is 20.3 Å². The predicted octanol–water partition coefficient (Wildman–Crippen LogP) is 1.71. The lowest BCUT2D eigenvalue weighted by atomic mass is 10.2. The fourth-order valence-corrected chi connectivity index (χ4v) is 1.18. The molecular weight excluding hydrogens is 128 g/mol. The summed E-state index contributed by atoms with van der Waals surface area (Å²) in [6.07, 6.45) is 3.06. The first-order valence-electron chi connectivity index (χ1n) is 3.66. The second-order valence-corrected chi connectivity index (χ2v) is 2.73. The monoisotopic (exact) mass is 142 g/mol. The second-order valence-electron chi connectivity index (χ2n) is 2.73. The van der Waals surface area contributed by atoms with E-state index in [9.17, 15) is 0 Å². The largest absolute Gasteiger partial charge is 0.346 e. The Balaban J connectivity index is 2.42. The Hall–Kier alpha value is -0.340. The summed E-state index contributed by atoms with van der Waals surface area (Å²) in [6.45, 7) is 7.71. The third kappa shape index (κ3) is 1.82. The van der Waals surface area contributed by atoms with Crippen LogP contribution in [0.25, 0.3) is 0 Å². The van der Waals surface area contributed by atoms with Crippen molar-refractivity contribution in [2.75, 3.05) is 0 Å². The maximum Gasteiger partial charge on any atom is 0.177 e. The van der Waals surface area contributed by atoms with E-state index in [0.29, 0.717) is 12.2 Å². The highest BCUT2D eigenvalue weighted by Crippen LogP contribution is 2.17. The molecule has 2 heteroatoms. The normalized spacial score (nSPS) is 41.2. The zero-order chi connectivity index (χ0) is 7.56. The van der Waals surface area contributed by atoms with Crippen LogP contribution >= 0.6 is 0 Å². The van der Waals surface area contributed by atoms with E-state index in [1.165, 1.54) is 0 Å². The van der Waals surface area contributed by atoms with Crippen molar-refractivity contribution in [2.45, 2.75) is 38.8 Å². The van der Waals surface area contributed by atoms with Gasteiger partial charge >= 0.3 is 0 Å². The first-order valence-corrected chi connectivity index (χ1v) is 3.66. The van der Waals surface area contributed by atoms with Crippen molar-refractivity contribution >= 4 is 0 Å². The molecule has 0 aromatic rings. The fourth-order valence-electron chi connectivity index (χ4n) is 1.18. The Morgan fingerprint density at radius 3 is 2.20 bits per heavy atom. The molecule has 0 bridgehead atoms. The fraction of sp³-hybridized carbons (Fsp3) is 0.750. The average molecular weight is 142 g/mol. The molecule has 0 spiro atoms. The minimum Gasteiger partial charge on any atom is -0.346 e. The van der Waals surface area contributed by atoms with Gasteiger partial charge in [0.1, 0.15) is 0 Å². The second kappa shape index (κ2) is 3.17. The van der Waals surface area contributed by atoms with E-state index < -0.39 is 0 Å². The maximum absolute atomic E-state index is 5.37. The Morgan fingerprint density at radius 1 is 1.30 bits per heavy atom. The highest BCUT2D eigenvalue weighted by molar-refractivity contribution is 4.78. The van der Waals surface area contributed by atoms with Crippen molar-refractivity contribution in [3.63, 3.8) is 0 Å². The summed E-state index contributed by atoms with van der Waals surface area (Å²) >= 11 is 0.